The minimum atomic E-state index is -2.66. The van der Waals surface area contributed by atoms with Gasteiger partial charge in [-0.05, 0) is 53.9 Å². The van der Waals surface area contributed by atoms with Gasteiger partial charge >= 0.3 is 5.97 Å². The second kappa shape index (κ2) is 17.4. The first kappa shape index (κ1) is 35.3. The molecular weight excluding hydrogens is 605 g/mol. The summed E-state index contributed by atoms with van der Waals surface area (Å²) in [6, 6.07) is 11.5. The Hall–Kier alpha value is -3.53. The Bertz CT molecular complexity index is 1450. The van der Waals surface area contributed by atoms with E-state index in [9.17, 15) is 24.1 Å². The standard InChI is InChI=1S/C34H48N5O6P/c1-22(2)15-26(34(42)43)20-46(44)45-19-31(24-10-4-3-5-11-24)39-33(41)30(17-27-18-36-21-37-27)38-32(40)29(35)16-25-13-8-12-23-9-6-7-14-28(23)25/h6-9,12-14,18,21-22,24,26,29-31,46H,3-5,10-11,15-17,19-20,35H2,1-2H3,(H,36,37)(H,38,40)(H,39,41)(H,42,43)/t26?,29?,30-,31?/m0/s1. The number of carbonyl (C=O) groups excluding carboxylic acids is 2. The van der Waals surface area contributed by atoms with E-state index in [0.29, 0.717) is 18.5 Å². The predicted molar refractivity (Wildman–Crippen MR) is 179 cm³/mol. The molecule has 1 saturated carbocycles. The lowest BCUT2D eigenvalue weighted by molar-refractivity contribution is -0.141. The molecule has 0 radical (unpaired) electrons. The number of nitrogens with zero attached hydrogens (tertiary/aromatic N) is 1. The molecule has 5 atom stereocenters. The van der Waals surface area contributed by atoms with Crippen LogP contribution in [0.15, 0.2) is 55.0 Å². The maximum Gasteiger partial charge on any atom is 0.307 e. The van der Waals surface area contributed by atoms with Crippen LogP contribution in [0, 0.1) is 17.8 Å². The van der Waals surface area contributed by atoms with E-state index in [0.717, 1.165) is 48.4 Å². The molecule has 0 bridgehead atoms. The van der Waals surface area contributed by atoms with Crippen LogP contribution in [0.1, 0.15) is 63.6 Å². The van der Waals surface area contributed by atoms with Crippen molar-refractivity contribution in [3.8, 4) is 0 Å². The van der Waals surface area contributed by atoms with Crippen LogP contribution in [0.2, 0.25) is 0 Å². The third-order valence-corrected chi connectivity index (χ3v) is 10.1. The fourth-order valence-corrected chi connectivity index (χ4v) is 7.53. The molecule has 4 unspecified atom stereocenters. The summed E-state index contributed by atoms with van der Waals surface area (Å²) in [6.45, 7) is 3.86. The zero-order valence-corrected chi connectivity index (χ0v) is 27.7. The zero-order chi connectivity index (χ0) is 33.1. The highest BCUT2D eigenvalue weighted by Gasteiger charge is 2.31. The van der Waals surface area contributed by atoms with Crippen LogP contribution in [-0.4, -0.2) is 63.8 Å². The number of rotatable bonds is 17. The predicted octanol–water partition coefficient (Wildman–Crippen LogP) is 4.46. The molecule has 2 amide bonds. The molecule has 1 fully saturated rings. The molecule has 3 aromatic rings. The van der Waals surface area contributed by atoms with Gasteiger partial charge in [0.1, 0.15) is 6.04 Å². The monoisotopic (exact) mass is 653 g/mol. The van der Waals surface area contributed by atoms with Crippen LogP contribution < -0.4 is 16.4 Å². The van der Waals surface area contributed by atoms with Gasteiger partial charge in [-0.3, -0.25) is 18.9 Å². The molecule has 1 heterocycles. The third-order valence-electron chi connectivity index (χ3n) is 8.76. The van der Waals surface area contributed by atoms with Gasteiger partial charge in [-0.2, -0.15) is 0 Å². The smallest absolute Gasteiger partial charge is 0.307 e. The van der Waals surface area contributed by atoms with Crippen molar-refractivity contribution < 1.29 is 28.6 Å². The number of fused-ring (bicyclic) bond motifs is 1. The fraction of sp³-hybridized carbons (Fsp3) is 0.529. The summed E-state index contributed by atoms with van der Waals surface area (Å²) in [4.78, 5) is 46.0. The van der Waals surface area contributed by atoms with Crippen molar-refractivity contribution in [2.75, 3.05) is 12.8 Å². The van der Waals surface area contributed by atoms with E-state index >= 15 is 0 Å². The van der Waals surface area contributed by atoms with Gasteiger partial charge < -0.3 is 31.0 Å². The second-order valence-electron chi connectivity index (χ2n) is 12.9. The highest BCUT2D eigenvalue weighted by atomic mass is 31.1. The molecule has 1 aromatic heterocycles. The summed E-state index contributed by atoms with van der Waals surface area (Å²) in [5.74, 6) is -2.33. The van der Waals surface area contributed by atoms with E-state index in [-0.39, 0.29) is 31.0 Å². The molecule has 250 valence electrons. The van der Waals surface area contributed by atoms with Crippen molar-refractivity contribution in [3.63, 3.8) is 0 Å². The Kier molecular flexibility index (Phi) is 13.4. The summed E-state index contributed by atoms with van der Waals surface area (Å²) < 4.78 is 18.7. The number of aromatic amines is 1. The lowest BCUT2D eigenvalue weighted by atomic mass is 9.84. The number of hydrogen-bond donors (Lipinski definition) is 5. The third kappa shape index (κ3) is 10.5. The first-order valence-electron chi connectivity index (χ1n) is 16.3. The van der Waals surface area contributed by atoms with E-state index in [2.05, 4.69) is 20.6 Å². The molecule has 2 aromatic carbocycles. The zero-order valence-electron chi connectivity index (χ0n) is 26.7. The Morgan fingerprint density at radius 1 is 1.04 bits per heavy atom. The number of benzene rings is 2. The summed E-state index contributed by atoms with van der Waals surface area (Å²) in [5, 5.41) is 17.6. The fourth-order valence-electron chi connectivity index (χ4n) is 6.30. The second-order valence-corrected chi connectivity index (χ2v) is 14.3. The number of amides is 2. The molecule has 0 spiro atoms. The summed E-state index contributed by atoms with van der Waals surface area (Å²) >= 11 is 0. The number of H-pyrrole nitrogens is 1. The highest BCUT2D eigenvalue weighted by molar-refractivity contribution is 7.39. The Morgan fingerprint density at radius 2 is 1.78 bits per heavy atom. The molecule has 4 rings (SSSR count). The average molecular weight is 654 g/mol. The van der Waals surface area contributed by atoms with Gasteiger partial charge in [0.2, 0.25) is 11.8 Å². The summed E-state index contributed by atoms with van der Waals surface area (Å²) in [5.41, 5.74) is 8.01. The van der Waals surface area contributed by atoms with Gasteiger partial charge in [0, 0.05) is 24.5 Å². The van der Waals surface area contributed by atoms with Crippen LogP contribution in [0.3, 0.4) is 0 Å². The minimum Gasteiger partial charge on any atom is -0.481 e. The highest BCUT2D eigenvalue weighted by Crippen LogP contribution is 2.32. The van der Waals surface area contributed by atoms with Gasteiger partial charge in [0.15, 0.2) is 8.03 Å². The van der Waals surface area contributed by atoms with E-state index in [4.69, 9.17) is 10.3 Å². The number of carboxylic acid groups (broad SMARTS) is 1. The topological polar surface area (TPSA) is 176 Å². The van der Waals surface area contributed by atoms with Crippen molar-refractivity contribution in [2.24, 2.45) is 23.5 Å². The van der Waals surface area contributed by atoms with E-state index in [1.54, 1.807) is 6.20 Å². The molecule has 0 saturated heterocycles. The van der Waals surface area contributed by atoms with Gasteiger partial charge in [-0.25, -0.2) is 4.98 Å². The average Bonchev–Trinajstić information content (AvgIpc) is 3.56. The van der Waals surface area contributed by atoms with Crippen LogP contribution in [0.4, 0.5) is 0 Å². The number of carboxylic acids is 1. The largest absolute Gasteiger partial charge is 0.481 e. The number of hydrogen-bond acceptors (Lipinski definition) is 7. The lowest BCUT2D eigenvalue weighted by Crippen LogP contribution is -2.56. The van der Waals surface area contributed by atoms with Crippen LogP contribution in [-0.2, 0) is 36.3 Å². The van der Waals surface area contributed by atoms with E-state index in [1.165, 1.54) is 6.33 Å². The molecular formula is C34H48N5O6P. The molecule has 12 heteroatoms. The number of aliphatic carboxylic acids is 1. The Labute approximate surface area is 271 Å². The van der Waals surface area contributed by atoms with Crippen LogP contribution >= 0.6 is 8.03 Å². The Morgan fingerprint density at radius 3 is 2.48 bits per heavy atom. The molecule has 46 heavy (non-hydrogen) atoms. The lowest BCUT2D eigenvalue weighted by Gasteiger charge is -2.32. The molecule has 1 aliphatic rings. The first-order valence-corrected chi connectivity index (χ1v) is 17.8. The number of imidazole rings is 1. The van der Waals surface area contributed by atoms with Gasteiger partial charge in [-0.1, -0.05) is 75.6 Å². The maximum absolute atomic E-state index is 13.8. The van der Waals surface area contributed by atoms with Crippen molar-refractivity contribution in [1.29, 1.82) is 0 Å². The number of nitrogens with two attached hydrogens (primary N) is 1. The quantitative estimate of drug-likeness (QED) is 0.133. The molecule has 6 N–H and O–H groups in total. The van der Waals surface area contributed by atoms with E-state index < -0.39 is 49.9 Å². The van der Waals surface area contributed by atoms with Gasteiger partial charge in [0.25, 0.3) is 0 Å². The van der Waals surface area contributed by atoms with Crippen molar-refractivity contribution in [2.45, 2.75) is 83.3 Å². The minimum absolute atomic E-state index is 0.00748. The van der Waals surface area contributed by atoms with Crippen LogP contribution in [0.25, 0.3) is 10.8 Å². The number of aromatic nitrogens is 2. The van der Waals surface area contributed by atoms with E-state index in [1.807, 2.05) is 56.3 Å². The number of carbonyl (C=O) groups is 3. The van der Waals surface area contributed by atoms with Gasteiger partial charge in [0.05, 0.1) is 30.9 Å². The molecule has 0 aliphatic heterocycles. The van der Waals surface area contributed by atoms with Crippen molar-refractivity contribution in [1.82, 2.24) is 20.6 Å². The van der Waals surface area contributed by atoms with Crippen molar-refractivity contribution in [3.05, 3.63) is 66.2 Å². The first-order chi connectivity index (χ1) is 22.1. The molecule has 1 aliphatic carbocycles. The number of nitrogens with one attached hydrogen (secondary N) is 3. The maximum atomic E-state index is 13.8. The van der Waals surface area contributed by atoms with Gasteiger partial charge in [-0.15, -0.1) is 0 Å². The SMILES string of the molecule is CC(C)CC(C[PH](=O)OCC(NC(=O)[C@H](Cc1cnc[nH]1)NC(=O)C(N)Cc1cccc2ccccc12)C1CCCCC1)C(=O)O. The summed E-state index contributed by atoms with van der Waals surface area (Å²) in [7, 11) is -2.66. The van der Waals surface area contributed by atoms with Crippen molar-refractivity contribution >= 4 is 36.6 Å². The van der Waals surface area contributed by atoms with Crippen LogP contribution in [0.5, 0.6) is 0 Å². The Balaban J connectivity index is 1.45. The molecule has 11 nitrogen and oxygen atoms in total. The normalized spacial score (nSPS) is 17.2. The summed E-state index contributed by atoms with van der Waals surface area (Å²) in [6.07, 6.45) is 8.85.